The summed E-state index contributed by atoms with van der Waals surface area (Å²) in [6.07, 6.45) is 2.28. The maximum atomic E-state index is 5.30. The van der Waals surface area contributed by atoms with Gasteiger partial charge < -0.3 is 10.1 Å². The van der Waals surface area contributed by atoms with E-state index in [4.69, 9.17) is 4.74 Å². The Bertz CT molecular complexity index is 262. The average Bonchev–Trinajstić information content (AvgIpc) is 2.79. The average molecular weight is 245 g/mol. The molecule has 0 atom stereocenters. The molecular formula is C9H15N3OS2. The van der Waals surface area contributed by atoms with Crippen LogP contribution in [-0.4, -0.2) is 41.8 Å². The van der Waals surface area contributed by atoms with Gasteiger partial charge in [-0.05, 0) is 12.8 Å². The van der Waals surface area contributed by atoms with Crippen molar-refractivity contribution in [2.24, 2.45) is 0 Å². The Hall–Kier alpha value is -0.170. The number of rotatable bonds is 5. The van der Waals surface area contributed by atoms with E-state index in [2.05, 4.69) is 15.5 Å². The van der Waals surface area contributed by atoms with Gasteiger partial charge in [0.1, 0.15) is 5.51 Å². The summed E-state index contributed by atoms with van der Waals surface area (Å²) in [5.74, 6) is 1.06. The summed E-state index contributed by atoms with van der Waals surface area (Å²) in [7, 11) is 0. The van der Waals surface area contributed by atoms with Gasteiger partial charge in [0.15, 0.2) is 4.34 Å². The molecule has 0 spiro atoms. The van der Waals surface area contributed by atoms with Crippen LogP contribution >= 0.6 is 23.1 Å². The Kier molecular flexibility index (Phi) is 4.85. The van der Waals surface area contributed by atoms with Crippen molar-refractivity contribution in [3.63, 3.8) is 0 Å². The fourth-order valence-corrected chi connectivity index (χ4v) is 2.96. The minimum absolute atomic E-state index is 0.647. The van der Waals surface area contributed by atoms with Crippen LogP contribution in [0, 0.1) is 0 Å². The third-order valence-electron chi connectivity index (χ3n) is 2.32. The van der Waals surface area contributed by atoms with Gasteiger partial charge >= 0.3 is 0 Å². The van der Waals surface area contributed by atoms with E-state index in [0.717, 1.165) is 42.7 Å². The number of nitrogens with one attached hydrogen (secondary N) is 1. The van der Waals surface area contributed by atoms with Crippen LogP contribution in [0.5, 0.6) is 0 Å². The smallest absolute Gasteiger partial charge is 0.174 e. The van der Waals surface area contributed by atoms with Crippen LogP contribution in [0.4, 0.5) is 0 Å². The molecule has 1 aliphatic heterocycles. The SMILES string of the molecule is c1nnc(SCCNC2CCOCC2)s1. The Morgan fingerprint density at radius 3 is 3.13 bits per heavy atom. The van der Waals surface area contributed by atoms with E-state index < -0.39 is 0 Å². The Morgan fingerprint density at radius 2 is 2.40 bits per heavy atom. The van der Waals surface area contributed by atoms with E-state index in [1.54, 1.807) is 28.6 Å². The number of ether oxygens (including phenoxy) is 1. The van der Waals surface area contributed by atoms with Crippen molar-refractivity contribution in [1.29, 1.82) is 0 Å². The third kappa shape index (κ3) is 4.06. The first-order chi connectivity index (χ1) is 7.45. The summed E-state index contributed by atoms with van der Waals surface area (Å²) >= 11 is 3.37. The lowest BCUT2D eigenvalue weighted by Crippen LogP contribution is -2.35. The number of hydrogen-bond donors (Lipinski definition) is 1. The second-order valence-corrected chi connectivity index (χ2v) is 5.57. The summed E-state index contributed by atoms with van der Waals surface area (Å²) in [5, 5.41) is 11.3. The number of hydrogen-bond acceptors (Lipinski definition) is 6. The molecule has 2 heterocycles. The van der Waals surface area contributed by atoms with Crippen molar-refractivity contribution in [3.05, 3.63) is 5.51 Å². The summed E-state index contributed by atoms with van der Waals surface area (Å²) < 4.78 is 6.36. The number of aromatic nitrogens is 2. The van der Waals surface area contributed by atoms with Crippen molar-refractivity contribution in [2.75, 3.05) is 25.5 Å². The zero-order valence-corrected chi connectivity index (χ0v) is 10.1. The Balaban J connectivity index is 1.54. The summed E-state index contributed by atoms with van der Waals surface area (Å²) in [4.78, 5) is 0. The van der Waals surface area contributed by atoms with E-state index >= 15 is 0 Å². The van der Waals surface area contributed by atoms with Gasteiger partial charge in [0.2, 0.25) is 0 Å². The van der Waals surface area contributed by atoms with Crippen molar-refractivity contribution in [2.45, 2.75) is 23.2 Å². The van der Waals surface area contributed by atoms with E-state index in [1.165, 1.54) is 0 Å². The maximum Gasteiger partial charge on any atom is 0.174 e. The molecule has 2 rings (SSSR count). The molecule has 1 fully saturated rings. The molecule has 0 aliphatic carbocycles. The van der Waals surface area contributed by atoms with Crippen molar-refractivity contribution < 1.29 is 4.74 Å². The molecule has 0 amide bonds. The van der Waals surface area contributed by atoms with Gasteiger partial charge in [0.05, 0.1) is 0 Å². The van der Waals surface area contributed by atoms with Crippen LogP contribution in [-0.2, 0) is 4.74 Å². The first-order valence-corrected chi connectivity index (χ1v) is 7.02. The van der Waals surface area contributed by atoms with E-state index in [-0.39, 0.29) is 0 Å². The molecule has 0 bridgehead atoms. The van der Waals surface area contributed by atoms with Crippen molar-refractivity contribution >= 4 is 23.1 Å². The van der Waals surface area contributed by atoms with Crippen LogP contribution in [0.15, 0.2) is 9.85 Å². The van der Waals surface area contributed by atoms with Gasteiger partial charge in [-0.2, -0.15) is 0 Å². The van der Waals surface area contributed by atoms with Crippen molar-refractivity contribution in [1.82, 2.24) is 15.5 Å². The lowest BCUT2D eigenvalue weighted by atomic mass is 10.1. The molecular weight excluding hydrogens is 230 g/mol. The van der Waals surface area contributed by atoms with Gasteiger partial charge in [0.25, 0.3) is 0 Å². The van der Waals surface area contributed by atoms with E-state index in [9.17, 15) is 0 Å². The quantitative estimate of drug-likeness (QED) is 0.627. The largest absolute Gasteiger partial charge is 0.381 e. The topological polar surface area (TPSA) is 47.0 Å². The highest BCUT2D eigenvalue weighted by atomic mass is 32.2. The van der Waals surface area contributed by atoms with Crippen LogP contribution in [0.2, 0.25) is 0 Å². The zero-order chi connectivity index (χ0) is 10.3. The predicted molar refractivity (Wildman–Crippen MR) is 62.5 cm³/mol. The van der Waals surface area contributed by atoms with Gasteiger partial charge in [0, 0.05) is 31.6 Å². The molecule has 0 saturated carbocycles. The van der Waals surface area contributed by atoms with Gasteiger partial charge in [-0.1, -0.05) is 23.1 Å². The highest BCUT2D eigenvalue weighted by Crippen LogP contribution is 2.18. The molecule has 1 saturated heterocycles. The standard InChI is InChI=1S/C9H15N3OS2/c1-4-13-5-2-8(1)10-3-6-14-9-12-11-7-15-9/h7-8,10H,1-6H2. The minimum atomic E-state index is 0.647. The predicted octanol–water partition coefficient (Wildman–Crippen LogP) is 1.40. The van der Waals surface area contributed by atoms with E-state index in [1.807, 2.05) is 0 Å². The minimum Gasteiger partial charge on any atom is -0.381 e. The number of nitrogens with zero attached hydrogens (tertiary/aromatic N) is 2. The Labute approximate surface area is 97.8 Å². The van der Waals surface area contributed by atoms with Crippen LogP contribution in [0.25, 0.3) is 0 Å². The van der Waals surface area contributed by atoms with Gasteiger partial charge in [-0.15, -0.1) is 10.2 Å². The third-order valence-corrected chi connectivity index (χ3v) is 4.18. The fraction of sp³-hybridized carbons (Fsp3) is 0.778. The molecule has 15 heavy (non-hydrogen) atoms. The normalized spacial score (nSPS) is 18.1. The molecule has 84 valence electrons. The molecule has 0 radical (unpaired) electrons. The highest BCUT2D eigenvalue weighted by molar-refractivity contribution is 8.01. The van der Waals surface area contributed by atoms with Crippen LogP contribution in [0.1, 0.15) is 12.8 Å². The van der Waals surface area contributed by atoms with Gasteiger partial charge in [-0.3, -0.25) is 0 Å². The Morgan fingerprint density at radius 1 is 1.53 bits per heavy atom. The summed E-state index contributed by atoms with van der Waals surface area (Å²) in [6, 6.07) is 0.647. The molecule has 0 aromatic carbocycles. The molecule has 1 aromatic rings. The lowest BCUT2D eigenvalue weighted by molar-refractivity contribution is 0.0786. The first kappa shape index (κ1) is 11.3. The van der Waals surface area contributed by atoms with E-state index in [0.29, 0.717) is 6.04 Å². The second-order valence-electron chi connectivity index (χ2n) is 3.39. The first-order valence-electron chi connectivity index (χ1n) is 5.15. The summed E-state index contributed by atoms with van der Waals surface area (Å²) in [5.41, 5.74) is 1.77. The molecule has 1 aromatic heterocycles. The van der Waals surface area contributed by atoms with Crippen LogP contribution in [0.3, 0.4) is 0 Å². The van der Waals surface area contributed by atoms with Gasteiger partial charge in [-0.25, -0.2) is 0 Å². The zero-order valence-electron chi connectivity index (χ0n) is 8.52. The molecule has 6 heteroatoms. The van der Waals surface area contributed by atoms with Crippen molar-refractivity contribution in [3.8, 4) is 0 Å². The molecule has 1 N–H and O–H groups in total. The highest BCUT2D eigenvalue weighted by Gasteiger charge is 2.12. The maximum absolute atomic E-state index is 5.30. The molecule has 0 unspecified atom stereocenters. The fourth-order valence-electron chi connectivity index (χ4n) is 1.53. The van der Waals surface area contributed by atoms with Crippen LogP contribution < -0.4 is 5.32 Å². The lowest BCUT2D eigenvalue weighted by Gasteiger charge is -2.22. The molecule has 1 aliphatic rings. The second kappa shape index (κ2) is 6.42. The molecule has 4 nitrogen and oxygen atoms in total. The number of thioether (sulfide) groups is 1. The summed E-state index contributed by atoms with van der Waals surface area (Å²) in [6.45, 7) is 2.84. The monoisotopic (exact) mass is 245 g/mol.